The molecule has 0 saturated carbocycles. The number of aliphatic hydroxyl groups is 1. The van der Waals surface area contributed by atoms with Gasteiger partial charge in [0, 0.05) is 13.3 Å². The molecule has 332 valence electrons. The van der Waals surface area contributed by atoms with Gasteiger partial charge in [0.05, 0.1) is 18.9 Å². The third-order valence-corrected chi connectivity index (χ3v) is 8.82. The summed E-state index contributed by atoms with van der Waals surface area (Å²) in [5.41, 5.74) is 0.824. The Morgan fingerprint density at radius 3 is 1.46 bits per heavy atom. The predicted molar refractivity (Wildman–Crippen MR) is 214 cm³/mol. The molecule has 0 saturated heterocycles. The second-order valence-corrected chi connectivity index (χ2v) is 14.6. The Hall–Kier alpha value is -6.90. The van der Waals surface area contributed by atoms with Crippen LogP contribution in [0.25, 0.3) is 0 Å². The van der Waals surface area contributed by atoms with Crippen molar-refractivity contribution in [2.45, 2.75) is 109 Å². The van der Waals surface area contributed by atoms with Gasteiger partial charge in [-0.15, -0.1) is 0 Å². The molecule has 0 aliphatic carbocycles. The van der Waals surface area contributed by atoms with Crippen LogP contribution in [0.2, 0.25) is 0 Å². The predicted octanol–water partition coefficient (Wildman–Crippen LogP) is -1.50. The summed E-state index contributed by atoms with van der Waals surface area (Å²) in [6.07, 6.45) is -3.59. The van der Waals surface area contributed by atoms with E-state index < -0.39 is 120 Å². The van der Waals surface area contributed by atoms with Gasteiger partial charge in [-0.05, 0) is 37.3 Å². The van der Waals surface area contributed by atoms with Crippen molar-refractivity contribution in [3.8, 4) is 0 Å². The lowest BCUT2D eigenvalue weighted by Crippen LogP contribution is -2.61. The van der Waals surface area contributed by atoms with Crippen LogP contribution in [0, 0.1) is 5.92 Å². The first-order valence-corrected chi connectivity index (χ1v) is 19.1. The van der Waals surface area contributed by atoms with Crippen LogP contribution >= 0.6 is 0 Å². The smallest absolute Gasteiger partial charge is 0.330 e. The standard InChI is InChI=1S/C40H53N7O14/c1-20(2)16-26(45-39(59)32(22(4)48)46-37(57)27(42-23(5)49)17-24-12-8-6-9-13-24)36(56)44-28(18-30(50)51)35(55)41-21(3)34(54)43-29(19-31(52)53)38(58)47-33(40(60)61)25-14-10-7-11-15-25/h6-15,20-22,26-29,32-33,48H,16-19H2,1-5H3,(H,41,55)(H,42,49)(H,43,54)(H,44,56)(H,45,59)(H,46,57)(H,47,58)(H,50,51)(H,52,53)(H,60,61)/t21-,22-,26-,27-,28-,29-,32-,33-/m0/s1. The van der Waals surface area contributed by atoms with Gasteiger partial charge >= 0.3 is 17.9 Å². The van der Waals surface area contributed by atoms with Gasteiger partial charge in [0.25, 0.3) is 0 Å². The molecule has 0 bridgehead atoms. The zero-order valence-corrected chi connectivity index (χ0v) is 34.2. The Morgan fingerprint density at radius 1 is 0.525 bits per heavy atom. The van der Waals surface area contributed by atoms with Gasteiger partial charge in [-0.25, -0.2) is 4.79 Å². The second kappa shape index (κ2) is 24.2. The van der Waals surface area contributed by atoms with E-state index >= 15 is 0 Å². The normalized spacial score (nSPS) is 14.8. The van der Waals surface area contributed by atoms with Gasteiger partial charge < -0.3 is 57.6 Å². The Morgan fingerprint density at radius 2 is 0.984 bits per heavy atom. The Bertz CT molecular complexity index is 1890. The Labute approximate surface area is 350 Å². The first-order valence-electron chi connectivity index (χ1n) is 19.1. The number of hydrogen-bond donors (Lipinski definition) is 11. The van der Waals surface area contributed by atoms with E-state index in [1.165, 1.54) is 38.1 Å². The lowest BCUT2D eigenvalue weighted by molar-refractivity contribution is -0.143. The average molecular weight is 856 g/mol. The number of amides is 7. The molecule has 8 atom stereocenters. The first-order chi connectivity index (χ1) is 28.6. The van der Waals surface area contributed by atoms with Crippen LogP contribution in [0.3, 0.4) is 0 Å². The largest absolute Gasteiger partial charge is 0.481 e. The van der Waals surface area contributed by atoms with Gasteiger partial charge in [0.15, 0.2) is 6.04 Å². The number of rotatable bonds is 24. The molecular weight excluding hydrogens is 802 g/mol. The molecule has 0 radical (unpaired) electrons. The van der Waals surface area contributed by atoms with Crippen LogP contribution in [-0.4, -0.2) is 122 Å². The van der Waals surface area contributed by atoms with E-state index in [0.29, 0.717) is 5.56 Å². The summed E-state index contributed by atoms with van der Waals surface area (Å²) in [6, 6.07) is 4.88. The van der Waals surface area contributed by atoms with Gasteiger partial charge in [-0.2, -0.15) is 0 Å². The summed E-state index contributed by atoms with van der Waals surface area (Å²) >= 11 is 0. The monoisotopic (exact) mass is 855 g/mol. The third kappa shape index (κ3) is 17.5. The maximum atomic E-state index is 13.6. The molecule has 0 aliphatic rings. The van der Waals surface area contributed by atoms with Crippen LogP contribution in [0.1, 0.15) is 71.0 Å². The maximum absolute atomic E-state index is 13.6. The Balaban J connectivity index is 2.22. The van der Waals surface area contributed by atoms with Gasteiger partial charge in [-0.1, -0.05) is 74.5 Å². The fraction of sp³-hybridized carbons (Fsp3) is 0.450. The summed E-state index contributed by atoms with van der Waals surface area (Å²) in [7, 11) is 0. The highest BCUT2D eigenvalue weighted by molar-refractivity contribution is 5.98. The highest BCUT2D eigenvalue weighted by Crippen LogP contribution is 2.14. The van der Waals surface area contributed by atoms with E-state index in [-0.39, 0.29) is 24.3 Å². The highest BCUT2D eigenvalue weighted by atomic mass is 16.4. The zero-order chi connectivity index (χ0) is 46.0. The summed E-state index contributed by atoms with van der Waals surface area (Å²) < 4.78 is 0. The highest BCUT2D eigenvalue weighted by Gasteiger charge is 2.36. The van der Waals surface area contributed by atoms with E-state index in [4.69, 9.17) is 0 Å². The number of aliphatic hydroxyl groups excluding tert-OH is 1. The van der Waals surface area contributed by atoms with Crippen LogP contribution in [0.15, 0.2) is 60.7 Å². The molecule has 0 fully saturated rings. The summed E-state index contributed by atoms with van der Waals surface area (Å²) in [5, 5.41) is 55.2. The molecule has 0 aromatic heterocycles. The Kier molecular flexibility index (Phi) is 20.0. The van der Waals surface area contributed by atoms with Crippen molar-refractivity contribution in [2.24, 2.45) is 5.92 Å². The molecule has 2 rings (SSSR count). The second-order valence-electron chi connectivity index (χ2n) is 14.6. The molecular formula is C40H53N7O14. The molecule has 0 spiro atoms. The lowest BCUT2D eigenvalue weighted by atomic mass is 10.0. The fourth-order valence-corrected chi connectivity index (χ4v) is 5.82. The molecule has 7 amide bonds. The van der Waals surface area contributed by atoms with Crippen molar-refractivity contribution in [1.29, 1.82) is 0 Å². The molecule has 0 aliphatic heterocycles. The quantitative estimate of drug-likeness (QED) is 0.0573. The molecule has 0 heterocycles. The van der Waals surface area contributed by atoms with E-state index in [2.05, 4.69) is 37.2 Å². The maximum Gasteiger partial charge on any atom is 0.330 e. The molecule has 0 unspecified atom stereocenters. The van der Waals surface area contributed by atoms with E-state index in [9.17, 15) is 68.4 Å². The SMILES string of the molecule is CC(=O)N[C@@H](Cc1ccccc1)C(=O)N[C@H](C(=O)N[C@@H](CC(C)C)C(=O)N[C@@H](CC(=O)O)C(=O)N[C@@H](C)C(=O)N[C@@H](CC(=O)O)C(=O)N[C@H](C(=O)O)c1ccccc1)[C@H](C)O. The zero-order valence-electron chi connectivity index (χ0n) is 34.2. The van der Waals surface area contributed by atoms with Crippen LogP contribution < -0.4 is 37.2 Å². The summed E-state index contributed by atoms with van der Waals surface area (Å²) in [4.78, 5) is 127. The summed E-state index contributed by atoms with van der Waals surface area (Å²) in [6.45, 7) is 6.87. The van der Waals surface area contributed by atoms with Gasteiger partial charge in [0.2, 0.25) is 41.4 Å². The van der Waals surface area contributed by atoms with Crippen molar-refractivity contribution < 1.29 is 68.4 Å². The summed E-state index contributed by atoms with van der Waals surface area (Å²) in [5.74, 6) is -11.9. The van der Waals surface area contributed by atoms with E-state index in [1.807, 2.05) is 0 Å². The molecule has 11 N–H and O–H groups in total. The number of nitrogens with one attached hydrogen (secondary N) is 7. The van der Waals surface area contributed by atoms with Crippen molar-refractivity contribution in [1.82, 2.24) is 37.2 Å². The number of carboxylic acid groups (broad SMARTS) is 3. The van der Waals surface area contributed by atoms with Crippen molar-refractivity contribution in [3.63, 3.8) is 0 Å². The minimum Gasteiger partial charge on any atom is -0.481 e. The lowest BCUT2D eigenvalue weighted by Gasteiger charge is -2.28. The van der Waals surface area contributed by atoms with Crippen molar-refractivity contribution in [2.75, 3.05) is 0 Å². The van der Waals surface area contributed by atoms with Gasteiger partial charge in [-0.3, -0.25) is 43.2 Å². The topological polar surface area (TPSA) is 336 Å². The molecule has 61 heavy (non-hydrogen) atoms. The van der Waals surface area contributed by atoms with E-state index in [1.54, 1.807) is 50.2 Å². The minimum absolute atomic E-state index is 0.0340. The van der Waals surface area contributed by atoms with Crippen LogP contribution in [0.5, 0.6) is 0 Å². The van der Waals surface area contributed by atoms with Crippen molar-refractivity contribution >= 4 is 59.3 Å². The number of carbonyl (C=O) groups is 10. The average Bonchev–Trinajstić information content (AvgIpc) is 3.17. The molecule has 21 nitrogen and oxygen atoms in total. The first kappa shape index (κ1) is 50.2. The number of aliphatic carboxylic acids is 3. The molecule has 2 aromatic carbocycles. The van der Waals surface area contributed by atoms with Crippen molar-refractivity contribution in [3.05, 3.63) is 71.8 Å². The number of hydrogen-bond acceptors (Lipinski definition) is 11. The minimum atomic E-state index is -1.87. The third-order valence-electron chi connectivity index (χ3n) is 8.82. The number of benzene rings is 2. The number of carboxylic acids is 3. The molecule has 2 aromatic rings. The molecule has 21 heteroatoms. The fourth-order valence-electron chi connectivity index (χ4n) is 5.82. The van der Waals surface area contributed by atoms with Crippen LogP contribution in [-0.2, 0) is 54.4 Å². The van der Waals surface area contributed by atoms with Gasteiger partial charge in [0.1, 0.15) is 36.3 Å². The number of carbonyl (C=O) groups excluding carboxylic acids is 7. The van der Waals surface area contributed by atoms with Crippen LogP contribution in [0.4, 0.5) is 0 Å². The van der Waals surface area contributed by atoms with E-state index in [0.717, 1.165) is 6.92 Å².